The molecular weight excluding hydrogens is 336 g/mol. The minimum atomic E-state index is -5.18. The molecule has 5 nitrogen and oxygen atoms in total. The molecule has 0 saturated heterocycles. The first-order valence-electron chi connectivity index (χ1n) is 5.31. The number of aliphatic carboxylic acids is 1. The van der Waals surface area contributed by atoms with E-state index in [4.69, 9.17) is 28.3 Å². The highest BCUT2D eigenvalue weighted by molar-refractivity contribution is 6.36. The maximum atomic E-state index is 12.7. The minimum absolute atomic E-state index is 0.0123. The molecule has 0 radical (unpaired) electrons. The first-order valence-corrected chi connectivity index (χ1v) is 6.07. The Bertz CT molecular complexity index is 580. The van der Waals surface area contributed by atoms with E-state index in [9.17, 15) is 22.8 Å². The zero-order chi connectivity index (χ0) is 16.4. The van der Waals surface area contributed by atoms with E-state index in [0.717, 1.165) is 0 Å². The number of rotatable bonds is 3. The van der Waals surface area contributed by atoms with Crippen LogP contribution in [-0.2, 0) is 4.79 Å². The lowest BCUT2D eigenvalue weighted by Crippen LogP contribution is -2.62. The molecule has 3 N–H and O–H groups in total. The number of alkyl halides is 3. The van der Waals surface area contributed by atoms with Crippen LogP contribution >= 0.6 is 23.2 Å². The molecule has 0 aromatic heterocycles. The summed E-state index contributed by atoms with van der Waals surface area (Å²) in [7, 11) is 0. The zero-order valence-electron chi connectivity index (χ0n) is 10.4. The fraction of sp³-hybridized carbons (Fsp3) is 0.273. The van der Waals surface area contributed by atoms with Gasteiger partial charge in [0.1, 0.15) is 0 Å². The molecule has 0 saturated carbocycles. The Morgan fingerprint density at radius 1 is 1.24 bits per heavy atom. The van der Waals surface area contributed by atoms with Gasteiger partial charge in [-0.2, -0.15) is 13.2 Å². The Hall–Kier alpha value is -1.67. The van der Waals surface area contributed by atoms with Crippen molar-refractivity contribution in [3.63, 3.8) is 0 Å². The maximum Gasteiger partial charge on any atom is 0.422 e. The molecule has 21 heavy (non-hydrogen) atoms. The third-order valence-electron chi connectivity index (χ3n) is 2.54. The van der Waals surface area contributed by atoms with Crippen molar-refractivity contribution >= 4 is 40.9 Å². The van der Waals surface area contributed by atoms with Crippen molar-refractivity contribution in [3.05, 3.63) is 28.2 Å². The van der Waals surface area contributed by atoms with Gasteiger partial charge < -0.3 is 15.7 Å². The van der Waals surface area contributed by atoms with Gasteiger partial charge in [0, 0.05) is 5.02 Å². The summed E-state index contributed by atoms with van der Waals surface area (Å²) < 4.78 is 38.2. The quantitative estimate of drug-likeness (QED) is 0.784. The molecule has 0 fully saturated rings. The topological polar surface area (TPSA) is 78.4 Å². The molecule has 0 heterocycles. The van der Waals surface area contributed by atoms with Crippen molar-refractivity contribution in [1.82, 2.24) is 5.32 Å². The highest BCUT2D eigenvalue weighted by Gasteiger charge is 2.58. The number of amides is 2. The van der Waals surface area contributed by atoms with Crippen LogP contribution in [0.5, 0.6) is 0 Å². The van der Waals surface area contributed by atoms with Gasteiger partial charge in [0.15, 0.2) is 0 Å². The summed E-state index contributed by atoms with van der Waals surface area (Å²) in [6.45, 7) is 0.332. The van der Waals surface area contributed by atoms with Gasteiger partial charge in [-0.1, -0.05) is 23.2 Å². The number of carbonyl (C=O) groups excluding carboxylic acids is 1. The fourth-order valence-corrected chi connectivity index (χ4v) is 1.67. The number of nitrogens with one attached hydrogen (secondary N) is 2. The summed E-state index contributed by atoms with van der Waals surface area (Å²) in [6, 6.07) is 2.50. The lowest BCUT2D eigenvalue weighted by atomic mass is 10.0. The molecule has 1 unspecified atom stereocenters. The molecule has 0 spiro atoms. The van der Waals surface area contributed by atoms with Gasteiger partial charge in [-0.05, 0) is 25.1 Å². The fourth-order valence-electron chi connectivity index (χ4n) is 1.22. The van der Waals surface area contributed by atoms with Gasteiger partial charge in [-0.25, -0.2) is 9.59 Å². The monoisotopic (exact) mass is 344 g/mol. The van der Waals surface area contributed by atoms with Crippen LogP contribution in [0.3, 0.4) is 0 Å². The smallest absolute Gasteiger partial charge is 0.422 e. The van der Waals surface area contributed by atoms with Crippen molar-refractivity contribution in [2.45, 2.75) is 18.6 Å². The van der Waals surface area contributed by atoms with E-state index in [-0.39, 0.29) is 15.7 Å². The van der Waals surface area contributed by atoms with Gasteiger partial charge in [0.25, 0.3) is 0 Å². The molecule has 0 aliphatic carbocycles. The zero-order valence-corrected chi connectivity index (χ0v) is 11.9. The number of carboxylic acid groups (broad SMARTS) is 1. The summed E-state index contributed by atoms with van der Waals surface area (Å²) >= 11 is 11.4. The first kappa shape index (κ1) is 17.4. The van der Waals surface area contributed by atoms with Crippen LogP contribution in [0, 0.1) is 0 Å². The van der Waals surface area contributed by atoms with Crippen LogP contribution < -0.4 is 10.6 Å². The van der Waals surface area contributed by atoms with E-state index < -0.39 is 23.7 Å². The van der Waals surface area contributed by atoms with Crippen LogP contribution in [0.1, 0.15) is 6.92 Å². The van der Waals surface area contributed by atoms with Crippen LogP contribution in [0.2, 0.25) is 10.0 Å². The van der Waals surface area contributed by atoms with Gasteiger partial charge >= 0.3 is 18.2 Å². The Balaban J connectivity index is 2.92. The molecule has 0 bridgehead atoms. The average molecular weight is 345 g/mol. The number of halogens is 5. The van der Waals surface area contributed by atoms with Crippen LogP contribution in [0.15, 0.2) is 18.2 Å². The highest BCUT2D eigenvalue weighted by atomic mass is 35.5. The SMILES string of the molecule is CC(NC(=O)Nc1ccc(Cl)cc1Cl)(C(=O)O)C(F)(F)F. The molecule has 1 atom stereocenters. The third-order valence-corrected chi connectivity index (χ3v) is 3.09. The van der Waals surface area contributed by atoms with Crippen molar-refractivity contribution in [2.24, 2.45) is 0 Å². The lowest BCUT2D eigenvalue weighted by molar-refractivity contribution is -0.203. The molecule has 10 heteroatoms. The van der Waals surface area contributed by atoms with Crippen LogP contribution in [0.25, 0.3) is 0 Å². The molecule has 1 aromatic rings. The largest absolute Gasteiger partial charge is 0.479 e. The highest BCUT2D eigenvalue weighted by Crippen LogP contribution is 2.31. The Morgan fingerprint density at radius 3 is 2.24 bits per heavy atom. The summed E-state index contributed by atoms with van der Waals surface area (Å²) in [5.41, 5.74) is -3.45. The predicted molar refractivity (Wildman–Crippen MR) is 70.7 cm³/mol. The van der Waals surface area contributed by atoms with Gasteiger partial charge in [0.05, 0.1) is 10.7 Å². The average Bonchev–Trinajstić information content (AvgIpc) is 2.31. The summed E-state index contributed by atoms with van der Waals surface area (Å²) in [5.74, 6) is -2.24. The van der Waals surface area contributed by atoms with Crippen LogP contribution in [-0.4, -0.2) is 28.8 Å². The summed E-state index contributed by atoms with van der Waals surface area (Å²) in [4.78, 5) is 22.3. The Morgan fingerprint density at radius 2 is 1.81 bits per heavy atom. The minimum Gasteiger partial charge on any atom is -0.479 e. The van der Waals surface area contributed by atoms with Gasteiger partial charge in [-0.15, -0.1) is 0 Å². The van der Waals surface area contributed by atoms with Crippen molar-refractivity contribution in [1.29, 1.82) is 0 Å². The molecular formula is C11H9Cl2F3N2O3. The Kier molecular flexibility index (Phi) is 4.95. The second-order valence-corrected chi connectivity index (χ2v) is 4.97. The number of benzene rings is 1. The first-order chi connectivity index (χ1) is 9.47. The third kappa shape index (κ3) is 3.92. The van der Waals surface area contributed by atoms with E-state index >= 15 is 0 Å². The number of carbonyl (C=O) groups is 2. The van der Waals surface area contributed by atoms with Crippen molar-refractivity contribution < 1.29 is 27.9 Å². The predicted octanol–water partition coefficient (Wildman–Crippen LogP) is 3.52. The molecule has 116 valence electrons. The normalized spacial score (nSPS) is 14.2. The number of carboxylic acids is 1. The summed E-state index contributed by atoms with van der Waals surface area (Å²) in [6.07, 6.45) is -5.18. The van der Waals surface area contributed by atoms with Gasteiger partial charge in [0.2, 0.25) is 5.54 Å². The van der Waals surface area contributed by atoms with E-state index in [0.29, 0.717) is 6.92 Å². The number of urea groups is 1. The van der Waals surface area contributed by atoms with Crippen molar-refractivity contribution in [2.75, 3.05) is 5.32 Å². The second-order valence-electron chi connectivity index (χ2n) is 4.13. The van der Waals surface area contributed by atoms with Crippen LogP contribution in [0.4, 0.5) is 23.7 Å². The number of hydrogen-bond donors (Lipinski definition) is 3. The van der Waals surface area contributed by atoms with E-state index in [1.54, 1.807) is 0 Å². The molecule has 0 aliphatic rings. The molecule has 2 amide bonds. The maximum absolute atomic E-state index is 12.7. The molecule has 1 rings (SSSR count). The standard InChI is InChI=1S/C11H9Cl2F3N2O3/c1-10(8(19)20,11(14,15)16)18-9(21)17-7-3-2-5(12)4-6(7)13/h2-4H,1H3,(H,19,20)(H2,17,18,21). The van der Waals surface area contributed by atoms with E-state index in [1.165, 1.54) is 23.5 Å². The summed E-state index contributed by atoms with van der Waals surface area (Å²) in [5, 5.41) is 12.3. The van der Waals surface area contributed by atoms with Gasteiger partial charge in [-0.3, -0.25) is 0 Å². The van der Waals surface area contributed by atoms with E-state index in [2.05, 4.69) is 0 Å². The second kappa shape index (κ2) is 5.98. The van der Waals surface area contributed by atoms with E-state index in [1.807, 2.05) is 5.32 Å². The van der Waals surface area contributed by atoms with Crippen molar-refractivity contribution in [3.8, 4) is 0 Å². The number of anilines is 1. The molecule has 0 aliphatic heterocycles. The molecule has 1 aromatic carbocycles. The lowest BCUT2D eigenvalue weighted by Gasteiger charge is -2.28. The number of hydrogen-bond acceptors (Lipinski definition) is 2. The Labute approximate surface area is 127 Å².